The van der Waals surface area contributed by atoms with Gasteiger partial charge in [0.15, 0.2) is 0 Å². The second kappa shape index (κ2) is 5.96. The molecule has 0 radical (unpaired) electrons. The Bertz CT molecular complexity index is 523. The SMILES string of the molecule is Cc1cccc(CNC(=O)Cc2cccnc2)c1. The number of pyridine rings is 1. The van der Waals surface area contributed by atoms with Gasteiger partial charge in [-0.2, -0.15) is 0 Å². The normalized spacial score (nSPS) is 10.1. The molecule has 3 nitrogen and oxygen atoms in total. The highest BCUT2D eigenvalue weighted by atomic mass is 16.1. The lowest BCUT2D eigenvalue weighted by atomic mass is 10.1. The second-order valence-corrected chi connectivity index (χ2v) is 4.30. The molecule has 3 heteroatoms. The average Bonchev–Trinajstić information content (AvgIpc) is 2.38. The van der Waals surface area contributed by atoms with Crippen molar-refractivity contribution in [3.63, 3.8) is 0 Å². The minimum Gasteiger partial charge on any atom is -0.352 e. The molecule has 0 spiro atoms. The number of hydrogen-bond donors (Lipinski definition) is 1. The number of amides is 1. The minimum atomic E-state index is 0.0181. The predicted molar refractivity (Wildman–Crippen MR) is 71.0 cm³/mol. The molecular weight excluding hydrogens is 224 g/mol. The molecule has 1 aromatic carbocycles. The average molecular weight is 240 g/mol. The van der Waals surface area contributed by atoms with Gasteiger partial charge in [-0.05, 0) is 24.1 Å². The fourth-order valence-electron chi connectivity index (χ4n) is 1.77. The first kappa shape index (κ1) is 12.3. The third-order valence-corrected chi connectivity index (χ3v) is 2.66. The lowest BCUT2D eigenvalue weighted by Crippen LogP contribution is -2.24. The van der Waals surface area contributed by atoms with Gasteiger partial charge < -0.3 is 5.32 Å². The van der Waals surface area contributed by atoms with Crippen LogP contribution in [0.25, 0.3) is 0 Å². The molecule has 0 aliphatic heterocycles. The van der Waals surface area contributed by atoms with E-state index < -0.39 is 0 Å². The number of nitrogens with zero attached hydrogens (tertiary/aromatic N) is 1. The van der Waals surface area contributed by atoms with Gasteiger partial charge in [-0.3, -0.25) is 9.78 Å². The Hall–Kier alpha value is -2.16. The van der Waals surface area contributed by atoms with E-state index in [4.69, 9.17) is 0 Å². The monoisotopic (exact) mass is 240 g/mol. The molecule has 0 bridgehead atoms. The maximum Gasteiger partial charge on any atom is 0.224 e. The molecule has 0 aliphatic rings. The standard InChI is InChI=1S/C15H16N2O/c1-12-4-2-5-13(8-12)11-17-15(18)9-14-6-3-7-16-10-14/h2-8,10H,9,11H2,1H3,(H,17,18). The van der Waals surface area contributed by atoms with Gasteiger partial charge >= 0.3 is 0 Å². The Labute approximate surface area is 107 Å². The first-order valence-corrected chi connectivity index (χ1v) is 5.95. The van der Waals surface area contributed by atoms with Crippen molar-refractivity contribution < 1.29 is 4.79 Å². The molecule has 2 aromatic rings. The van der Waals surface area contributed by atoms with E-state index in [0.717, 1.165) is 11.1 Å². The number of hydrogen-bond acceptors (Lipinski definition) is 2. The number of carbonyl (C=O) groups excluding carboxylic acids is 1. The summed E-state index contributed by atoms with van der Waals surface area (Å²) in [4.78, 5) is 15.7. The van der Waals surface area contributed by atoms with Gasteiger partial charge in [-0.1, -0.05) is 35.9 Å². The van der Waals surface area contributed by atoms with Crippen molar-refractivity contribution in [2.45, 2.75) is 19.9 Å². The highest BCUT2D eigenvalue weighted by Crippen LogP contribution is 2.03. The van der Waals surface area contributed by atoms with E-state index in [-0.39, 0.29) is 5.91 Å². The number of aromatic nitrogens is 1. The van der Waals surface area contributed by atoms with Crippen molar-refractivity contribution in [3.8, 4) is 0 Å². The van der Waals surface area contributed by atoms with Crippen molar-refractivity contribution in [1.82, 2.24) is 10.3 Å². The molecule has 18 heavy (non-hydrogen) atoms. The van der Waals surface area contributed by atoms with Crippen molar-refractivity contribution in [1.29, 1.82) is 0 Å². The number of nitrogens with one attached hydrogen (secondary N) is 1. The molecule has 0 unspecified atom stereocenters. The Kier molecular flexibility index (Phi) is 4.07. The highest BCUT2D eigenvalue weighted by molar-refractivity contribution is 5.78. The molecule has 0 aliphatic carbocycles. The van der Waals surface area contributed by atoms with Gasteiger partial charge in [0.2, 0.25) is 5.91 Å². The zero-order chi connectivity index (χ0) is 12.8. The summed E-state index contributed by atoms with van der Waals surface area (Å²) in [6.45, 7) is 2.61. The molecular formula is C15H16N2O. The summed E-state index contributed by atoms with van der Waals surface area (Å²) in [7, 11) is 0. The fourth-order valence-corrected chi connectivity index (χ4v) is 1.77. The Morgan fingerprint density at radius 2 is 2.06 bits per heavy atom. The van der Waals surface area contributed by atoms with Crippen LogP contribution in [-0.4, -0.2) is 10.9 Å². The molecule has 1 heterocycles. The van der Waals surface area contributed by atoms with E-state index in [2.05, 4.69) is 16.4 Å². The van der Waals surface area contributed by atoms with Crippen molar-refractivity contribution >= 4 is 5.91 Å². The van der Waals surface area contributed by atoms with Crippen molar-refractivity contribution in [2.75, 3.05) is 0 Å². The van der Waals surface area contributed by atoms with Crippen LogP contribution in [0.2, 0.25) is 0 Å². The quantitative estimate of drug-likeness (QED) is 0.890. The molecule has 0 fully saturated rings. The highest BCUT2D eigenvalue weighted by Gasteiger charge is 2.03. The van der Waals surface area contributed by atoms with Gasteiger partial charge in [0.25, 0.3) is 0 Å². The molecule has 0 saturated heterocycles. The number of benzene rings is 1. The smallest absolute Gasteiger partial charge is 0.224 e. The Balaban J connectivity index is 1.85. The van der Waals surface area contributed by atoms with Crippen LogP contribution in [0.4, 0.5) is 0 Å². The van der Waals surface area contributed by atoms with Crippen LogP contribution in [-0.2, 0) is 17.8 Å². The molecule has 2 rings (SSSR count). The van der Waals surface area contributed by atoms with Crippen molar-refractivity contribution in [3.05, 3.63) is 65.5 Å². The van der Waals surface area contributed by atoms with Gasteiger partial charge in [0, 0.05) is 18.9 Å². The fraction of sp³-hybridized carbons (Fsp3) is 0.200. The molecule has 92 valence electrons. The number of carbonyl (C=O) groups is 1. The summed E-state index contributed by atoms with van der Waals surface area (Å²) in [5, 5.41) is 2.91. The zero-order valence-corrected chi connectivity index (χ0v) is 10.4. The summed E-state index contributed by atoms with van der Waals surface area (Å²) >= 11 is 0. The van der Waals surface area contributed by atoms with Gasteiger partial charge in [-0.15, -0.1) is 0 Å². The second-order valence-electron chi connectivity index (χ2n) is 4.30. The lowest BCUT2D eigenvalue weighted by molar-refractivity contribution is -0.120. The summed E-state index contributed by atoms with van der Waals surface area (Å²) in [5.74, 6) is 0.0181. The van der Waals surface area contributed by atoms with Gasteiger partial charge in [-0.25, -0.2) is 0 Å². The van der Waals surface area contributed by atoms with E-state index in [1.54, 1.807) is 12.4 Å². The Morgan fingerprint density at radius 1 is 1.22 bits per heavy atom. The van der Waals surface area contributed by atoms with Crippen LogP contribution in [0.3, 0.4) is 0 Å². The van der Waals surface area contributed by atoms with Gasteiger partial charge in [0.1, 0.15) is 0 Å². The van der Waals surface area contributed by atoms with Crippen LogP contribution in [0.15, 0.2) is 48.8 Å². The maximum atomic E-state index is 11.7. The first-order valence-electron chi connectivity index (χ1n) is 5.95. The largest absolute Gasteiger partial charge is 0.352 e. The summed E-state index contributed by atoms with van der Waals surface area (Å²) in [6, 6.07) is 11.9. The van der Waals surface area contributed by atoms with E-state index >= 15 is 0 Å². The first-order chi connectivity index (χ1) is 8.74. The predicted octanol–water partition coefficient (Wildman–Crippen LogP) is 2.25. The molecule has 1 aromatic heterocycles. The summed E-state index contributed by atoms with van der Waals surface area (Å²) in [6.07, 6.45) is 3.79. The molecule has 1 N–H and O–H groups in total. The summed E-state index contributed by atoms with van der Waals surface area (Å²) < 4.78 is 0. The topological polar surface area (TPSA) is 42.0 Å². The third kappa shape index (κ3) is 3.70. The zero-order valence-electron chi connectivity index (χ0n) is 10.4. The van der Waals surface area contributed by atoms with Crippen LogP contribution < -0.4 is 5.32 Å². The molecule has 0 atom stereocenters. The van der Waals surface area contributed by atoms with Crippen LogP contribution >= 0.6 is 0 Å². The summed E-state index contributed by atoms with van der Waals surface area (Å²) in [5.41, 5.74) is 3.25. The minimum absolute atomic E-state index is 0.0181. The van der Waals surface area contributed by atoms with E-state index in [1.807, 2.05) is 37.3 Å². The van der Waals surface area contributed by atoms with E-state index in [0.29, 0.717) is 13.0 Å². The van der Waals surface area contributed by atoms with Crippen LogP contribution in [0.5, 0.6) is 0 Å². The van der Waals surface area contributed by atoms with Crippen LogP contribution in [0, 0.1) is 6.92 Å². The number of rotatable bonds is 4. The molecule has 1 amide bonds. The van der Waals surface area contributed by atoms with E-state index in [9.17, 15) is 4.79 Å². The van der Waals surface area contributed by atoms with E-state index in [1.165, 1.54) is 5.56 Å². The van der Waals surface area contributed by atoms with Crippen molar-refractivity contribution in [2.24, 2.45) is 0 Å². The number of aryl methyl sites for hydroxylation is 1. The van der Waals surface area contributed by atoms with Crippen LogP contribution in [0.1, 0.15) is 16.7 Å². The lowest BCUT2D eigenvalue weighted by Gasteiger charge is -2.06. The third-order valence-electron chi connectivity index (χ3n) is 2.66. The molecule has 0 saturated carbocycles. The van der Waals surface area contributed by atoms with Gasteiger partial charge in [0.05, 0.1) is 6.42 Å². The Morgan fingerprint density at radius 3 is 2.78 bits per heavy atom. The maximum absolute atomic E-state index is 11.7.